The molecule has 2 aromatic carbocycles. The Labute approximate surface area is 220 Å². The van der Waals surface area contributed by atoms with Crippen LogP contribution >= 0.6 is 0 Å². The summed E-state index contributed by atoms with van der Waals surface area (Å²) >= 11 is 0. The van der Waals surface area contributed by atoms with E-state index in [9.17, 15) is 9.59 Å². The second kappa shape index (κ2) is 9.85. The monoisotopic (exact) mass is 526 g/mol. The van der Waals surface area contributed by atoms with Gasteiger partial charge >= 0.3 is 11.9 Å². The molecule has 0 amide bonds. The molecule has 6 unspecified atom stereocenters. The molecule has 0 spiro atoms. The largest absolute Gasteiger partial charge is 0.491 e. The zero-order valence-electron chi connectivity index (χ0n) is 21.3. The van der Waals surface area contributed by atoms with Gasteiger partial charge in [0.2, 0.25) is 0 Å². The molecule has 4 saturated heterocycles. The van der Waals surface area contributed by atoms with Crippen molar-refractivity contribution in [3.8, 4) is 11.5 Å². The van der Waals surface area contributed by atoms with Crippen molar-refractivity contribution >= 4 is 11.9 Å². The highest BCUT2D eigenvalue weighted by Crippen LogP contribution is 2.32. The van der Waals surface area contributed by atoms with E-state index in [4.69, 9.17) is 37.9 Å². The van der Waals surface area contributed by atoms with Crippen LogP contribution in [-0.2, 0) is 28.4 Å². The number of benzene rings is 2. The average molecular weight is 527 g/mol. The lowest BCUT2D eigenvalue weighted by Gasteiger charge is -2.17. The standard InChI is InChI=1S/C28H30O10/c1-27(15-35-27)13-33-19-7-3-17(4-8-19)25(29)37-21-11-31-24-22(12-32-23(21)24)38-26(30)18-5-9-20(10-6-18)34-14-28(2)16-36-28/h3-10,21-24H,11-16H2,1-2H3. The van der Waals surface area contributed by atoms with Gasteiger partial charge in [0.05, 0.1) is 37.6 Å². The van der Waals surface area contributed by atoms with Crippen LogP contribution in [0.1, 0.15) is 34.6 Å². The summed E-state index contributed by atoms with van der Waals surface area (Å²) in [5, 5.41) is 0. The van der Waals surface area contributed by atoms with Crippen molar-refractivity contribution < 1.29 is 47.5 Å². The highest BCUT2D eigenvalue weighted by atomic mass is 16.7. The second-order valence-electron chi connectivity index (χ2n) is 10.6. The van der Waals surface area contributed by atoms with E-state index in [0.717, 1.165) is 0 Å². The molecule has 6 atom stereocenters. The highest BCUT2D eigenvalue weighted by molar-refractivity contribution is 5.90. The molecule has 0 radical (unpaired) electrons. The fourth-order valence-electron chi connectivity index (χ4n) is 4.30. The Kier molecular flexibility index (Phi) is 6.51. The van der Waals surface area contributed by atoms with Crippen molar-refractivity contribution in [2.24, 2.45) is 0 Å². The maximum atomic E-state index is 12.7. The third-order valence-electron chi connectivity index (χ3n) is 7.02. The lowest BCUT2D eigenvalue weighted by Crippen LogP contribution is -2.36. The summed E-state index contributed by atoms with van der Waals surface area (Å²) in [5.74, 6) is 0.320. The van der Waals surface area contributed by atoms with E-state index in [-0.39, 0.29) is 24.4 Å². The van der Waals surface area contributed by atoms with E-state index >= 15 is 0 Å². The lowest BCUT2D eigenvalue weighted by molar-refractivity contribution is -0.0287. The Morgan fingerprint density at radius 1 is 0.711 bits per heavy atom. The fraction of sp³-hybridized carbons (Fsp3) is 0.500. The van der Waals surface area contributed by atoms with Crippen molar-refractivity contribution in [1.29, 1.82) is 0 Å². The molecule has 202 valence electrons. The van der Waals surface area contributed by atoms with Crippen LogP contribution in [0.5, 0.6) is 11.5 Å². The van der Waals surface area contributed by atoms with E-state index in [0.29, 0.717) is 49.1 Å². The number of hydrogen-bond acceptors (Lipinski definition) is 10. The van der Waals surface area contributed by atoms with Gasteiger partial charge < -0.3 is 37.9 Å². The second-order valence-corrected chi connectivity index (χ2v) is 10.6. The normalized spacial score (nSPS) is 32.8. The Morgan fingerprint density at radius 2 is 1.08 bits per heavy atom. The van der Waals surface area contributed by atoms with Crippen LogP contribution < -0.4 is 9.47 Å². The molecule has 4 aliphatic rings. The van der Waals surface area contributed by atoms with E-state index in [1.807, 2.05) is 13.8 Å². The first kappa shape index (κ1) is 25.1. The summed E-state index contributed by atoms with van der Waals surface area (Å²) < 4.78 is 44.9. The summed E-state index contributed by atoms with van der Waals surface area (Å²) in [6.07, 6.45) is -2.23. The Morgan fingerprint density at radius 3 is 1.42 bits per heavy atom. The summed E-state index contributed by atoms with van der Waals surface area (Å²) in [7, 11) is 0. The average Bonchev–Trinajstić information content (AvgIpc) is 3.76. The SMILES string of the molecule is CC1(COc2ccc(C(=O)OC3COC4C(OC(=O)c5ccc(OCC6(C)CO6)cc5)COC34)cc2)CO1. The predicted molar refractivity (Wildman–Crippen MR) is 130 cm³/mol. The molecule has 0 aliphatic carbocycles. The van der Waals surface area contributed by atoms with Crippen LogP contribution in [0.25, 0.3) is 0 Å². The smallest absolute Gasteiger partial charge is 0.338 e. The first-order valence-electron chi connectivity index (χ1n) is 12.7. The molecular weight excluding hydrogens is 496 g/mol. The quantitative estimate of drug-likeness (QED) is 0.338. The van der Waals surface area contributed by atoms with Gasteiger partial charge in [0, 0.05) is 0 Å². The molecular formula is C28H30O10. The first-order valence-corrected chi connectivity index (χ1v) is 12.7. The predicted octanol–water partition coefficient (Wildman–Crippen LogP) is 2.57. The zero-order chi connectivity index (χ0) is 26.3. The van der Waals surface area contributed by atoms with Crippen LogP contribution in [0.2, 0.25) is 0 Å². The lowest BCUT2D eigenvalue weighted by atomic mass is 10.1. The maximum Gasteiger partial charge on any atom is 0.338 e. The molecule has 4 fully saturated rings. The minimum atomic E-state index is -0.604. The minimum absolute atomic E-state index is 0.156. The third-order valence-corrected chi connectivity index (χ3v) is 7.02. The molecule has 6 rings (SSSR count). The van der Waals surface area contributed by atoms with Gasteiger partial charge in [-0.15, -0.1) is 0 Å². The molecule has 0 bridgehead atoms. The van der Waals surface area contributed by atoms with Crippen LogP contribution in [0.4, 0.5) is 0 Å². The fourth-order valence-corrected chi connectivity index (χ4v) is 4.30. The summed E-state index contributed by atoms with van der Waals surface area (Å²) in [6.45, 7) is 6.55. The topological polar surface area (TPSA) is 115 Å². The molecule has 0 saturated carbocycles. The number of epoxide rings is 2. The Hall–Kier alpha value is -3.18. The van der Waals surface area contributed by atoms with Crippen molar-refractivity contribution in [1.82, 2.24) is 0 Å². The van der Waals surface area contributed by atoms with Gasteiger partial charge in [0.15, 0.2) is 12.2 Å². The molecule has 4 aliphatic heterocycles. The molecule has 0 N–H and O–H groups in total. The summed E-state index contributed by atoms with van der Waals surface area (Å²) in [4.78, 5) is 25.4. The maximum absolute atomic E-state index is 12.7. The number of esters is 2. The minimum Gasteiger partial charge on any atom is -0.491 e. The van der Waals surface area contributed by atoms with Gasteiger partial charge in [-0.05, 0) is 62.4 Å². The Balaban J connectivity index is 0.981. The molecule has 10 nitrogen and oxygen atoms in total. The number of carbonyl (C=O) groups excluding carboxylic acids is 2. The molecule has 2 aromatic rings. The van der Waals surface area contributed by atoms with Crippen LogP contribution in [0.3, 0.4) is 0 Å². The van der Waals surface area contributed by atoms with Crippen LogP contribution in [0.15, 0.2) is 48.5 Å². The van der Waals surface area contributed by atoms with Crippen molar-refractivity contribution in [2.75, 3.05) is 39.6 Å². The third kappa shape index (κ3) is 5.63. The van der Waals surface area contributed by atoms with Crippen LogP contribution in [-0.4, -0.2) is 87.2 Å². The zero-order valence-corrected chi connectivity index (χ0v) is 21.3. The van der Waals surface area contributed by atoms with Crippen molar-refractivity contribution in [2.45, 2.75) is 49.5 Å². The van der Waals surface area contributed by atoms with Crippen LogP contribution in [0, 0.1) is 0 Å². The first-order chi connectivity index (χ1) is 18.3. The molecule has 38 heavy (non-hydrogen) atoms. The summed E-state index contributed by atoms with van der Waals surface area (Å²) in [5.41, 5.74) is 0.352. The van der Waals surface area contributed by atoms with Gasteiger partial charge in [-0.1, -0.05) is 0 Å². The van der Waals surface area contributed by atoms with Gasteiger partial charge in [0.1, 0.15) is 48.1 Å². The van der Waals surface area contributed by atoms with E-state index in [1.165, 1.54) is 0 Å². The van der Waals surface area contributed by atoms with Gasteiger partial charge in [-0.3, -0.25) is 0 Å². The highest BCUT2D eigenvalue weighted by Gasteiger charge is 2.51. The van der Waals surface area contributed by atoms with Gasteiger partial charge in [0.25, 0.3) is 0 Å². The van der Waals surface area contributed by atoms with E-state index in [1.54, 1.807) is 48.5 Å². The Bertz CT molecular complexity index is 1080. The van der Waals surface area contributed by atoms with Gasteiger partial charge in [-0.2, -0.15) is 0 Å². The summed E-state index contributed by atoms with van der Waals surface area (Å²) in [6, 6.07) is 13.5. The van der Waals surface area contributed by atoms with E-state index in [2.05, 4.69) is 0 Å². The number of fused-ring (bicyclic) bond motifs is 1. The van der Waals surface area contributed by atoms with E-state index < -0.39 is 36.4 Å². The number of hydrogen-bond donors (Lipinski definition) is 0. The molecule has 10 heteroatoms. The number of ether oxygens (including phenoxy) is 8. The number of carbonyl (C=O) groups is 2. The molecule has 4 heterocycles. The van der Waals surface area contributed by atoms with Gasteiger partial charge in [-0.25, -0.2) is 9.59 Å². The molecule has 0 aromatic heterocycles. The van der Waals surface area contributed by atoms with Crippen molar-refractivity contribution in [3.05, 3.63) is 59.7 Å². The number of rotatable bonds is 10. The van der Waals surface area contributed by atoms with Crippen molar-refractivity contribution in [3.63, 3.8) is 0 Å².